The Morgan fingerprint density at radius 2 is 1.83 bits per heavy atom. The highest BCUT2D eigenvalue weighted by atomic mass is 16.6. The van der Waals surface area contributed by atoms with E-state index in [9.17, 15) is 5.11 Å². The number of fused-ring (bicyclic) bond motifs is 4. The van der Waals surface area contributed by atoms with E-state index in [0.29, 0.717) is 23.1 Å². The van der Waals surface area contributed by atoms with E-state index in [4.69, 9.17) is 14.6 Å². The van der Waals surface area contributed by atoms with Gasteiger partial charge in [0, 0.05) is 17.5 Å². The molecule has 0 radical (unpaired) electrons. The molecular weight excluding hydrogens is 442 g/mol. The molecule has 0 spiro atoms. The molecule has 6 rings (SSSR count). The van der Waals surface area contributed by atoms with E-state index in [1.165, 1.54) is 0 Å². The van der Waals surface area contributed by atoms with Gasteiger partial charge in [0.1, 0.15) is 17.8 Å². The maximum Gasteiger partial charge on any atom is 0.228 e. The molecule has 3 heterocycles. The van der Waals surface area contributed by atoms with Crippen LogP contribution in [0.2, 0.25) is 0 Å². The Kier molecular flexibility index (Phi) is 5.11. The van der Waals surface area contributed by atoms with Gasteiger partial charge >= 0.3 is 0 Å². The fourth-order valence-electron chi connectivity index (χ4n) is 4.32. The van der Waals surface area contributed by atoms with Gasteiger partial charge in [0.25, 0.3) is 0 Å². The lowest BCUT2D eigenvalue weighted by Crippen LogP contribution is -2.14. The van der Waals surface area contributed by atoms with Crippen LogP contribution in [-0.4, -0.2) is 30.4 Å². The van der Waals surface area contributed by atoms with E-state index in [1.54, 1.807) is 23.0 Å². The molecule has 0 bridgehead atoms. The summed E-state index contributed by atoms with van der Waals surface area (Å²) in [6.07, 6.45) is 1.57. The Bertz CT molecular complexity index is 1550. The van der Waals surface area contributed by atoms with Gasteiger partial charge in [-0.2, -0.15) is 0 Å². The predicted octanol–water partition coefficient (Wildman–Crippen LogP) is 5.06. The maximum absolute atomic E-state index is 10.0. The summed E-state index contributed by atoms with van der Waals surface area (Å²) in [5, 5.41) is 18.8. The fourth-order valence-corrected chi connectivity index (χ4v) is 4.32. The zero-order valence-electron chi connectivity index (χ0n) is 18.9. The molecular formula is C27H21N5O3. The molecule has 172 valence electrons. The Morgan fingerprint density at radius 3 is 2.63 bits per heavy atom. The summed E-state index contributed by atoms with van der Waals surface area (Å²) in [6.45, 7) is 2.01. The van der Waals surface area contributed by atoms with Gasteiger partial charge in [-0.05, 0) is 24.1 Å². The van der Waals surface area contributed by atoms with Gasteiger partial charge < -0.3 is 14.7 Å². The molecule has 8 heteroatoms. The molecule has 1 aliphatic rings. The first kappa shape index (κ1) is 20.9. The average Bonchev–Trinajstić information content (AvgIpc) is 3.31. The highest BCUT2D eigenvalue weighted by Crippen LogP contribution is 2.48. The van der Waals surface area contributed by atoms with E-state index in [2.05, 4.69) is 27.4 Å². The minimum absolute atomic E-state index is 0.113. The normalized spacial score (nSPS) is 14.8. The first-order valence-electron chi connectivity index (χ1n) is 11.2. The van der Waals surface area contributed by atoms with Crippen molar-refractivity contribution in [3.63, 3.8) is 0 Å². The highest BCUT2D eigenvalue weighted by molar-refractivity contribution is 5.98. The van der Waals surface area contributed by atoms with E-state index in [0.717, 1.165) is 28.0 Å². The van der Waals surface area contributed by atoms with Crippen molar-refractivity contribution in [2.45, 2.75) is 19.4 Å². The van der Waals surface area contributed by atoms with Crippen molar-refractivity contribution >= 4 is 11.4 Å². The summed E-state index contributed by atoms with van der Waals surface area (Å²) in [5.74, 6) is 1.42. The second kappa shape index (κ2) is 8.57. The largest absolute Gasteiger partial charge is 0.508 e. The minimum atomic E-state index is -0.192. The van der Waals surface area contributed by atoms with Crippen molar-refractivity contribution in [3.05, 3.63) is 113 Å². The minimum Gasteiger partial charge on any atom is -0.508 e. The molecule has 0 aliphatic carbocycles. The average molecular weight is 463 g/mol. The number of nitrogens with zero attached hydrogens (tertiary/aromatic N) is 5. The molecule has 0 fully saturated rings. The Morgan fingerprint density at radius 1 is 1.06 bits per heavy atom. The fraction of sp³-hybridized carbons (Fsp3) is 0.111. The standard InChI is InChI=1S/C27H21N5O3/c1-17(18-8-4-2-5-9-18)31-34-15-23-29-26-25-24(19-10-6-3-7-11-19)21-13-12-20(33)14-22(21)35-27(25)28-16-32(26)30-23/h2-14,16,24,33H,15H2,1H3/b31-17+/t24-/m1/s1. The highest BCUT2D eigenvalue weighted by Gasteiger charge is 2.33. The molecule has 0 amide bonds. The summed E-state index contributed by atoms with van der Waals surface area (Å²) in [6, 6.07) is 25.0. The maximum atomic E-state index is 10.0. The Labute approximate surface area is 201 Å². The quantitative estimate of drug-likeness (QED) is 0.284. The lowest BCUT2D eigenvalue weighted by molar-refractivity contribution is 0.125. The second-order valence-corrected chi connectivity index (χ2v) is 8.24. The molecule has 3 aromatic carbocycles. The molecule has 0 saturated heterocycles. The topological polar surface area (TPSA) is 94.1 Å². The molecule has 0 unspecified atom stereocenters. The van der Waals surface area contributed by atoms with Gasteiger partial charge in [0.05, 0.1) is 11.3 Å². The van der Waals surface area contributed by atoms with E-state index in [1.807, 2.05) is 61.5 Å². The van der Waals surface area contributed by atoms with Gasteiger partial charge in [0.2, 0.25) is 5.88 Å². The Balaban J connectivity index is 1.38. The third kappa shape index (κ3) is 3.85. The summed E-state index contributed by atoms with van der Waals surface area (Å²) in [4.78, 5) is 14.8. The molecule has 1 atom stereocenters. The zero-order valence-corrected chi connectivity index (χ0v) is 18.9. The summed E-state index contributed by atoms with van der Waals surface area (Å²) >= 11 is 0. The van der Waals surface area contributed by atoms with Gasteiger partial charge in [-0.3, -0.25) is 0 Å². The van der Waals surface area contributed by atoms with E-state index in [-0.39, 0.29) is 18.3 Å². The zero-order chi connectivity index (χ0) is 23.8. The van der Waals surface area contributed by atoms with Crippen molar-refractivity contribution in [3.8, 4) is 17.4 Å². The van der Waals surface area contributed by atoms with Crippen LogP contribution in [-0.2, 0) is 11.4 Å². The number of aromatic hydroxyl groups is 1. The molecule has 35 heavy (non-hydrogen) atoms. The Hall–Kier alpha value is -4.72. The van der Waals surface area contributed by atoms with Crippen LogP contribution in [0.1, 0.15) is 40.9 Å². The van der Waals surface area contributed by atoms with Crippen molar-refractivity contribution in [2.75, 3.05) is 0 Å². The number of aromatic nitrogens is 4. The third-order valence-electron chi connectivity index (χ3n) is 5.95. The SMILES string of the molecule is C/C(=N\OCc1nc2c3c(ncn2n1)Oc1cc(O)ccc1[C@H]3c1ccccc1)c1ccccc1. The van der Waals surface area contributed by atoms with Crippen LogP contribution in [0.4, 0.5) is 0 Å². The van der Waals surface area contributed by atoms with E-state index < -0.39 is 0 Å². The van der Waals surface area contributed by atoms with Crippen LogP contribution in [0.15, 0.2) is 90.3 Å². The molecule has 1 aliphatic heterocycles. The van der Waals surface area contributed by atoms with Crippen LogP contribution in [0, 0.1) is 0 Å². The van der Waals surface area contributed by atoms with E-state index >= 15 is 0 Å². The monoisotopic (exact) mass is 463 g/mol. The number of phenolic OH excluding ortho intramolecular Hbond substituents is 1. The molecule has 2 aromatic heterocycles. The van der Waals surface area contributed by atoms with Crippen molar-refractivity contribution in [2.24, 2.45) is 5.16 Å². The summed E-state index contributed by atoms with van der Waals surface area (Å²) in [5.41, 5.74) is 5.17. The van der Waals surface area contributed by atoms with Crippen LogP contribution >= 0.6 is 0 Å². The van der Waals surface area contributed by atoms with Crippen LogP contribution < -0.4 is 4.74 Å². The lowest BCUT2D eigenvalue weighted by Gasteiger charge is -2.27. The van der Waals surface area contributed by atoms with Gasteiger partial charge in [0.15, 0.2) is 18.1 Å². The third-order valence-corrected chi connectivity index (χ3v) is 5.95. The van der Waals surface area contributed by atoms with Crippen molar-refractivity contribution < 1.29 is 14.7 Å². The van der Waals surface area contributed by atoms with Gasteiger partial charge in [-0.1, -0.05) is 71.9 Å². The van der Waals surface area contributed by atoms with Crippen LogP contribution in [0.3, 0.4) is 0 Å². The predicted molar refractivity (Wildman–Crippen MR) is 130 cm³/mol. The number of ether oxygens (including phenoxy) is 1. The number of benzene rings is 3. The molecule has 5 aromatic rings. The molecule has 1 N–H and O–H groups in total. The van der Waals surface area contributed by atoms with Crippen LogP contribution in [0.25, 0.3) is 5.65 Å². The first-order valence-corrected chi connectivity index (χ1v) is 11.2. The smallest absolute Gasteiger partial charge is 0.228 e. The van der Waals surface area contributed by atoms with Crippen molar-refractivity contribution in [1.82, 2.24) is 19.6 Å². The number of hydrogen-bond acceptors (Lipinski definition) is 7. The number of hydrogen-bond donors (Lipinski definition) is 1. The number of phenols is 1. The number of oxime groups is 1. The molecule has 0 saturated carbocycles. The van der Waals surface area contributed by atoms with Gasteiger partial charge in [-0.15, -0.1) is 5.10 Å². The van der Waals surface area contributed by atoms with Gasteiger partial charge in [-0.25, -0.2) is 14.5 Å². The molecule has 8 nitrogen and oxygen atoms in total. The van der Waals surface area contributed by atoms with Crippen molar-refractivity contribution in [1.29, 1.82) is 0 Å². The second-order valence-electron chi connectivity index (χ2n) is 8.24. The first-order chi connectivity index (χ1) is 17.2. The summed E-state index contributed by atoms with van der Waals surface area (Å²) in [7, 11) is 0. The summed E-state index contributed by atoms with van der Waals surface area (Å²) < 4.78 is 7.72. The lowest BCUT2D eigenvalue weighted by atomic mass is 9.84. The number of rotatable bonds is 5. The van der Waals surface area contributed by atoms with Crippen LogP contribution in [0.5, 0.6) is 17.4 Å².